The van der Waals surface area contributed by atoms with E-state index in [1.54, 1.807) is 46.1 Å². The summed E-state index contributed by atoms with van der Waals surface area (Å²) in [5.74, 6) is -7.11. The number of allylic oxidation sites excluding steroid dienone is 6. The third-order valence-electron chi connectivity index (χ3n) is 15.6. The van der Waals surface area contributed by atoms with Crippen LogP contribution in [-0.2, 0) is 48.1 Å². The fourth-order valence-corrected chi connectivity index (χ4v) is 12.4. The zero-order chi connectivity index (χ0) is 53.1. The maximum absolute atomic E-state index is 14.5. The largest absolute Gasteiger partial charge is 0.461 e. The van der Waals surface area contributed by atoms with E-state index in [1.165, 1.54) is 18.9 Å². The Morgan fingerprint density at radius 1 is 0.875 bits per heavy atom. The summed E-state index contributed by atoms with van der Waals surface area (Å²) in [6, 6.07) is -2.03. The molecule has 0 radical (unpaired) electrons. The molecule has 2 saturated heterocycles. The number of hydrogen-bond acceptors (Lipinski definition) is 15. The summed E-state index contributed by atoms with van der Waals surface area (Å²) >= 11 is 0. The van der Waals surface area contributed by atoms with E-state index in [1.807, 2.05) is 45.9 Å². The highest BCUT2D eigenvalue weighted by molar-refractivity contribution is 7.89. The number of piperidine rings is 1. The Labute approximate surface area is 427 Å². The van der Waals surface area contributed by atoms with Gasteiger partial charge in [-0.1, -0.05) is 81.8 Å². The Bertz CT molecular complexity index is 2240. The van der Waals surface area contributed by atoms with Gasteiger partial charge < -0.3 is 43.7 Å². The van der Waals surface area contributed by atoms with Crippen LogP contribution in [-0.4, -0.2) is 132 Å². The quantitative estimate of drug-likeness (QED) is 0.121. The molecule has 72 heavy (non-hydrogen) atoms. The van der Waals surface area contributed by atoms with E-state index in [0.717, 1.165) is 12.7 Å². The number of fused-ring (bicyclic) bond motifs is 3. The molecule has 3 fully saturated rings. The van der Waals surface area contributed by atoms with E-state index in [9.17, 15) is 42.9 Å². The molecule has 4 N–H and O–H groups in total. The number of hydrogen-bond donors (Lipinski definition) is 4. The van der Waals surface area contributed by atoms with Crippen molar-refractivity contribution in [2.24, 2.45) is 35.5 Å². The van der Waals surface area contributed by atoms with E-state index in [-0.39, 0.29) is 72.0 Å². The lowest BCUT2D eigenvalue weighted by Crippen LogP contribution is -2.61. The second-order valence-corrected chi connectivity index (χ2v) is 23.1. The van der Waals surface area contributed by atoms with Gasteiger partial charge in [-0.15, -0.1) is 0 Å². The third kappa shape index (κ3) is 15.1. The number of methoxy groups -OCH3 is 2. The number of sulfonamides is 1. The molecule has 15 atom stereocenters. The van der Waals surface area contributed by atoms with E-state index in [2.05, 4.69) is 9.88 Å². The van der Waals surface area contributed by atoms with E-state index < -0.39 is 87.9 Å². The molecule has 0 aromatic carbocycles. The molecule has 4 heterocycles. The molecule has 1 unspecified atom stereocenters. The van der Waals surface area contributed by atoms with Gasteiger partial charge in [0.1, 0.15) is 41.2 Å². The predicted molar refractivity (Wildman–Crippen MR) is 269 cm³/mol. The molecule has 2 bridgehead atoms. The smallest absolute Gasteiger partial charge is 0.329 e. The van der Waals surface area contributed by atoms with Gasteiger partial charge >= 0.3 is 5.97 Å². The molecule has 4 aliphatic rings. The number of aliphatic hydroxyl groups is 3. The summed E-state index contributed by atoms with van der Waals surface area (Å²) in [6.07, 6.45) is 13.4. The maximum Gasteiger partial charge on any atom is 0.329 e. The first-order chi connectivity index (χ1) is 34.0. The lowest BCUT2D eigenvalue weighted by Gasteiger charge is -2.43. The first-order valence-electron chi connectivity index (χ1n) is 26.1. The van der Waals surface area contributed by atoms with Crippen LogP contribution in [0.3, 0.4) is 0 Å². The SMILES string of the molecule is CO[C@@H]1C[C@@H](C[C@@H](C)[C@@H]2CC[C@H](C)/C=C(\C)[C@@H](O)[C@@H](OC)C(=O)[C@H](C)C[C@H](C)/C=C/C=C/C=C(\C)C(NS(=O)(=O)c3conc3C)C[C@@H]3CC[C@@H](C)[C@@](O)(O3)C(=O)C(=O)N3CCCC[C@H]3C(=O)O2)CC[C@H]1O. The molecule has 0 spiro atoms. The number of amides is 1. The second-order valence-electron chi connectivity index (χ2n) is 21.4. The molecule has 1 saturated carbocycles. The topological polar surface area (TPSA) is 241 Å². The molecule has 1 aromatic heterocycles. The molecule has 1 aromatic rings. The van der Waals surface area contributed by atoms with Crippen LogP contribution >= 0.6 is 0 Å². The summed E-state index contributed by atoms with van der Waals surface area (Å²) in [4.78, 5) is 58.2. The summed E-state index contributed by atoms with van der Waals surface area (Å²) < 4.78 is 59.0. The number of carbonyl (C=O) groups is 4. The van der Waals surface area contributed by atoms with Gasteiger partial charge in [0.25, 0.3) is 11.7 Å². The second kappa shape index (κ2) is 26.6. The Balaban J connectivity index is 1.50. The van der Waals surface area contributed by atoms with Gasteiger partial charge in [-0.05, 0) is 133 Å². The zero-order valence-electron chi connectivity index (χ0n) is 44.2. The van der Waals surface area contributed by atoms with Gasteiger partial charge in [-0.3, -0.25) is 14.4 Å². The number of Topliss-reactive ketones (excluding diaryl/α,β-unsaturated/α-hetero) is 2. The minimum absolute atomic E-state index is 0.0222. The van der Waals surface area contributed by atoms with Crippen molar-refractivity contribution >= 4 is 33.5 Å². The molecule has 404 valence electrons. The average molecular weight is 1030 g/mol. The number of aryl methyl sites for hydroxylation is 1. The van der Waals surface area contributed by atoms with Crippen molar-refractivity contribution in [3.8, 4) is 0 Å². The zero-order valence-corrected chi connectivity index (χ0v) is 45.0. The molecule has 1 amide bonds. The molecule has 18 heteroatoms. The van der Waals surface area contributed by atoms with E-state index in [0.29, 0.717) is 68.9 Å². The number of aromatic nitrogens is 1. The summed E-state index contributed by atoms with van der Waals surface area (Å²) in [7, 11) is -1.20. The van der Waals surface area contributed by atoms with Crippen LogP contribution in [0, 0.1) is 42.4 Å². The lowest BCUT2D eigenvalue weighted by molar-refractivity contribution is -0.264. The molecule has 3 aliphatic heterocycles. The molecular weight excluding hydrogens is 947 g/mol. The Morgan fingerprint density at radius 3 is 2.29 bits per heavy atom. The Kier molecular flexibility index (Phi) is 21.8. The van der Waals surface area contributed by atoms with Gasteiger partial charge in [0, 0.05) is 38.6 Å². The summed E-state index contributed by atoms with van der Waals surface area (Å²) in [5.41, 5.74) is 1.30. The monoisotopic (exact) mass is 1030 g/mol. The molecule has 1 aliphatic carbocycles. The standard InChI is InChI=1S/C54H83N3O14S/c1-32-16-12-11-13-17-34(3)42(56-72(65,66)47-31-69-55-39(47)8)30-41-22-20-38(7)54(64,71-41)51(61)52(62)57-25-15-14-18-43(57)53(63)70-45(35(4)28-40-21-23-44(58)46(29-40)67-9)24-19-33(2)27-37(6)49(60)50(68-10)48(59)36(5)26-32/h11-13,16-17,27,31-33,35-36,38,40-46,49-50,56,58,60,64H,14-15,18-26,28-30H2,1-10H3/b13-11+,16-12+,34-17+,37-27+/t32-,33+,35-,36-,38-,40-,41+,42?,43+,44-,45+,46-,49-,50+,54-/m1/s1. The minimum atomic E-state index is -4.20. The van der Waals surface area contributed by atoms with Crippen LogP contribution in [0.2, 0.25) is 0 Å². The number of ether oxygens (including phenoxy) is 4. The van der Waals surface area contributed by atoms with Crippen molar-refractivity contribution in [1.29, 1.82) is 0 Å². The fourth-order valence-electron chi connectivity index (χ4n) is 11.0. The van der Waals surface area contributed by atoms with Crippen molar-refractivity contribution < 1.29 is 66.4 Å². The maximum atomic E-state index is 14.5. The van der Waals surface area contributed by atoms with Gasteiger partial charge in [0.2, 0.25) is 15.8 Å². The Hall–Kier alpha value is -3.88. The highest BCUT2D eigenvalue weighted by atomic mass is 32.2. The van der Waals surface area contributed by atoms with Gasteiger partial charge in [-0.25, -0.2) is 17.9 Å². The van der Waals surface area contributed by atoms with Gasteiger partial charge in [0.05, 0.1) is 18.3 Å². The van der Waals surface area contributed by atoms with Crippen LogP contribution in [0.5, 0.6) is 0 Å². The predicted octanol–water partition coefficient (Wildman–Crippen LogP) is 6.63. The number of nitrogens with zero attached hydrogens (tertiary/aromatic N) is 2. The minimum Gasteiger partial charge on any atom is -0.461 e. The van der Waals surface area contributed by atoms with Crippen molar-refractivity contribution in [3.05, 3.63) is 59.6 Å². The van der Waals surface area contributed by atoms with Crippen molar-refractivity contribution in [3.63, 3.8) is 0 Å². The van der Waals surface area contributed by atoms with Crippen LogP contribution in [0.4, 0.5) is 0 Å². The number of aliphatic hydroxyl groups excluding tert-OH is 2. The first-order valence-corrected chi connectivity index (χ1v) is 27.5. The number of ketones is 2. The van der Waals surface area contributed by atoms with Crippen LogP contribution in [0.25, 0.3) is 0 Å². The van der Waals surface area contributed by atoms with Gasteiger partial charge in [0.15, 0.2) is 5.78 Å². The highest BCUT2D eigenvalue weighted by Gasteiger charge is 2.53. The van der Waals surface area contributed by atoms with E-state index in [4.69, 9.17) is 23.5 Å². The highest BCUT2D eigenvalue weighted by Crippen LogP contribution is 2.38. The number of carbonyl (C=O) groups excluding carboxylic acids is 4. The Morgan fingerprint density at radius 2 is 1.61 bits per heavy atom. The number of rotatable bonds is 8. The van der Waals surface area contributed by atoms with Crippen LogP contribution in [0.1, 0.15) is 138 Å². The first kappa shape index (κ1) is 59.0. The van der Waals surface area contributed by atoms with Gasteiger partial charge in [-0.2, -0.15) is 0 Å². The number of esters is 1. The molecule has 17 nitrogen and oxygen atoms in total. The summed E-state index contributed by atoms with van der Waals surface area (Å²) in [6.45, 7) is 14.5. The lowest BCUT2D eigenvalue weighted by atomic mass is 9.78. The summed E-state index contributed by atoms with van der Waals surface area (Å²) in [5, 5.41) is 38.0. The number of cyclic esters (lactones) is 1. The van der Waals surface area contributed by atoms with Crippen LogP contribution < -0.4 is 4.72 Å². The average Bonchev–Trinajstić information content (AvgIpc) is 3.80. The molecule has 5 rings (SSSR count). The fraction of sp³-hybridized carbons (Fsp3) is 0.722. The van der Waals surface area contributed by atoms with E-state index >= 15 is 0 Å². The van der Waals surface area contributed by atoms with Crippen LogP contribution in [0.15, 0.2) is 63.3 Å². The van der Waals surface area contributed by atoms with Crippen molar-refractivity contribution in [2.75, 3.05) is 20.8 Å². The van der Waals surface area contributed by atoms with Crippen molar-refractivity contribution in [1.82, 2.24) is 14.8 Å². The molecular formula is C54H83N3O14S. The van der Waals surface area contributed by atoms with Crippen molar-refractivity contribution in [2.45, 2.75) is 198 Å². The number of nitrogens with one attached hydrogen (secondary N) is 1. The third-order valence-corrected chi connectivity index (χ3v) is 17.1. The normalized spacial score (nSPS) is 37.8.